The fraction of sp³-hybridized carbons (Fsp3) is 0.318. The van der Waals surface area contributed by atoms with Gasteiger partial charge < -0.3 is 19.7 Å². The Morgan fingerprint density at radius 1 is 1.14 bits per heavy atom. The summed E-state index contributed by atoms with van der Waals surface area (Å²) in [4.78, 5) is 38.4. The first-order valence-electron chi connectivity index (χ1n) is 9.47. The molecule has 1 N–H and O–H groups in total. The molecule has 0 aliphatic carbocycles. The molecule has 0 fully saturated rings. The van der Waals surface area contributed by atoms with Crippen molar-refractivity contribution < 1.29 is 23.9 Å². The molecule has 152 valence electrons. The molecule has 7 nitrogen and oxygen atoms in total. The second-order valence-electron chi connectivity index (χ2n) is 6.89. The summed E-state index contributed by atoms with van der Waals surface area (Å²) < 4.78 is 10.3. The molecule has 0 radical (unpaired) electrons. The number of hydrogen-bond acceptors (Lipinski definition) is 5. The van der Waals surface area contributed by atoms with Crippen molar-refractivity contribution in [1.29, 1.82) is 0 Å². The van der Waals surface area contributed by atoms with Gasteiger partial charge in [0, 0.05) is 18.9 Å². The van der Waals surface area contributed by atoms with Crippen LogP contribution < -0.4 is 15.0 Å². The number of anilines is 2. The summed E-state index contributed by atoms with van der Waals surface area (Å²) in [5.41, 5.74) is 2.15. The first-order chi connectivity index (χ1) is 14.0. The minimum atomic E-state index is -0.445. The van der Waals surface area contributed by atoms with Gasteiger partial charge >= 0.3 is 5.97 Å². The number of carbonyl (C=O) groups is 3. The van der Waals surface area contributed by atoms with Gasteiger partial charge in [-0.1, -0.05) is 24.3 Å². The van der Waals surface area contributed by atoms with E-state index in [2.05, 4.69) is 5.32 Å². The van der Waals surface area contributed by atoms with Crippen LogP contribution in [0.5, 0.6) is 5.75 Å². The number of nitrogens with zero attached hydrogens (tertiary/aromatic N) is 1. The third-order valence-corrected chi connectivity index (χ3v) is 4.76. The van der Waals surface area contributed by atoms with Crippen LogP contribution in [0, 0.1) is 0 Å². The molecule has 0 unspecified atom stereocenters. The number of aryl methyl sites for hydroxylation is 1. The molecule has 0 saturated heterocycles. The van der Waals surface area contributed by atoms with Gasteiger partial charge in [0.1, 0.15) is 5.75 Å². The Bertz CT molecular complexity index is 894. The van der Waals surface area contributed by atoms with Crippen molar-refractivity contribution in [2.75, 3.05) is 23.9 Å². The molecular weight excluding hydrogens is 372 g/mol. The van der Waals surface area contributed by atoms with Gasteiger partial charge in [0.05, 0.1) is 18.5 Å². The normalized spacial score (nSPS) is 15.7. The maximum absolute atomic E-state index is 12.8. The van der Waals surface area contributed by atoms with E-state index in [1.54, 1.807) is 38.3 Å². The van der Waals surface area contributed by atoms with Crippen LogP contribution in [0.4, 0.5) is 11.4 Å². The number of nitrogens with one attached hydrogen (secondary N) is 1. The van der Waals surface area contributed by atoms with Crippen LogP contribution in [0.25, 0.3) is 0 Å². The van der Waals surface area contributed by atoms with Crippen molar-refractivity contribution in [1.82, 2.24) is 0 Å². The molecule has 0 saturated carbocycles. The van der Waals surface area contributed by atoms with E-state index in [1.165, 1.54) is 4.90 Å². The van der Waals surface area contributed by atoms with Gasteiger partial charge in [-0.15, -0.1) is 0 Å². The number of methoxy groups -OCH3 is 1. The summed E-state index contributed by atoms with van der Waals surface area (Å²) in [6.45, 7) is 1.43. The largest absolute Gasteiger partial charge is 0.497 e. The molecule has 3 rings (SSSR count). The van der Waals surface area contributed by atoms with Gasteiger partial charge in [-0.05, 0) is 43.2 Å². The third kappa shape index (κ3) is 5.13. The quantitative estimate of drug-likeness (QED) is 0.759. The predicted molar refractivity (Wildman–Crippen MR) is 109 cm³/mol. The molecule has 2 aromatic rings. The molecule has 1 aliphatic heterocycles. The number of fused-ring (bicyclic) bond motifs is 1. The third-order valence-electron chi connectivity index (χ3n) is 4.76. The number of ether oxygens (including phenoxy) is 2. The molecule has 0 aromatic heterocycles. The Morgan fingerprint density at radius 3 is 2.59 bits per heavy atom. The van der Waals surface area contributed by atoms with E-state index in [4.69, 9.17) is 9.47 Å². The minimum Gasteiger partial charge on any atom is -0.497 e. The number of carbonyl (C=O) groups excluding carboxylic acids is 3. The smallest absolute Gasteiger partial charge is 0.306 e. The van der Waals surface area contributed by atoms with E-state index in [9.17, 15) is 14.4 Å². The number of benzene rings is 2. The highest BCUT2D eigenvalue weighted by Crippen LogP contribution is 2.31. The van der Waals surface area contributed by atoms with Crippen LogP contribution in [-0.2, 0) is 25.5 Å². The highest BCUT2D eigenvalue weighted by molar-refractivity contribution is 6.05. The van der Waals surface area contributed by atoms with Crippen LogP contribution in [0.15, 0.2) is 48.5 Å². The lowest BCUT2D eigenvalue weighted by Crippen LogP contribution is -2.41. The zero-order valence-corrected chi connectivity index (χ0v) is 16.5. The molecule has 1 atom stereocenters. The second kappa shape index (κ2) is 9.23. The Balaban J connectivity index is 1.57. The van der Waals surface area contributed by atoms with Crippen molar-refractivity contribution in [3.05, 3.63) is 54.1 Å². The summed E-state index contributed by atoms with van der Waals surface area (Å²) >= 11 is 0. The summed E-state index contributed by atoms with van der Waals surface area (Å²) in [6.07, 6.45) is 0.857. The standard InChI is InChI=1S/C22H24N2O5/c1-15-13-20(25)23-18-5-3-4-6-19(18)24(15)21(26)14-29-22(27)12-9-16-7-10-17(28-2)11-8-16/h3-8,10-11,15H,9,12-14H2,1-2H3,(H,23,25)/t15-/m0/s1. The van der Waals surface area contributed by atoms with Crippen LogP contribution in [0.3, 0.4) is 0 Å². The molecule has 7 heteroatoms. The predicted octanol–water partition coefficient (Wildman–Crippen LogP) is 2.93. The van der Waals surface area contributed by atoms with Crippen molar-refractivity contribution in [3.8, 4) is 5.75 Å². The Kier molecular flexibility index (Phi) is 6.49. The molecule has 1 aliphatic rings. The van der Waals surface area contributed by atoms with Crippen molar-refractivity contribution in [2.24, 2.45) is 0 Å². The molecule has 2 amide bonds. The number of para-hydroxylation sites is 2. The first-order valence-corrected chi connectivity index (χ1v) is 9.47. The van der Waals surface area contributed by atoms with E-state index in [0.29, 0.717) is 17.8 Å². The van der Waals surface area contributed by atoms with Crippen LogP contribution in [0.1, 0.15) is 25.3 Å². The number of esters is 1. The van der Waals surface area contributed by atoms with E-state index in [1.807, 2.05) is 24.3 Å². The highest BCUT2D eigenvalue weighted by atomic mass is 16.5. The zero-order chi connectivity index (χ0) is 20.8. The van der Waals surface area contributed by atoms with E-state index in [-0.39, 0.29) is 37.3 Å². The van der Waals surface area contributed by atoms with E-state index < -0.39 is 5.97 Å². The molecular formula is C22H24N2O5. The molecule has 0 bridgehead atoms. The van der Waals surface area contributed by atoms with Gasteiger partial charge in [0.2, 0.25) is 5.91 Å². The topological polar surface area (TPSA) is 84.9 Å². The van der Waals surface area contributed by atoms with Crippen molar-refractivity contribution in [2.45, 2.75) is 32.2 Å². The molecule has 29 heavy (non-hydrogen) atoms. The Morgan fingerprint density at radius 2 is 1.86 bits per heavy atom. The first kappa shape index (κ1) is 20.4. The lowest BCUT2D eigenvalue weighted by atomic mass is 10.1. The number of rotatable bonds is 6. The summed E-state index contributed by atoms with van der Waals surface area (Å²) in [6, 6.07) is 14.2. The second-order valence-corrected chi connectivity index (χ2v) is 6.89. The van der Waals surface area contributed by atoms with Gasteiger partial charge in [-0.3, -0.25) is 14.4 Å². The Hall–Kier alpha value is -3.35. The van der Waals surface area contributed by atoms with Gasteiger partial charge in [0.25, 0.3) is 5.91 Å². The fourth-order valence-electron chi connectivity index (χ4n) is 3.29. The summed E-state index contributed by atoms with van der Waals surface area (Å²) in [7, 11) is 1.60. The van der Waals surface area contributed by atoms with E-state index >= 15 is 0 Å². The van der Waals surface area contributed by atoms with Crippen LogP contribution in [-0.4, -0.2) is 37.5 Å². The Labute approximate surface area is 169 Å². The lowest BCUT2D eigenvalue weighted by molar-refractivity contribution is -0.148. The number of hydrogen-bond donors (Lipinski definition) is 1. The van der Waals surface area contributed by atoms with Crippen molar-refractivity contribution in [3.63, 3.8) is 0 Å². The average molecular weight is 396 g/mol. The lowest BCUT2D eigenvalue weighted by Gasteiger charge is -2.27. The van der Waals surface area contributed by atoms with Gasteiger partial charge in [-0.25, -0.2) is 0 Å². The number of amides is 2. The average Bonchev–Trinajstić information content (AvgIpc) is 2.85. The van der Waals surface area contributed by atoms with Crippen LogP contribution in [0.2, 0.25) is 0 Å². The zero-order valence-electron chi connectivity index (χ0n) is 16.5. The molecule has 2 aromatic carbocycles. The maximum atomic E-state index is 12.8. The summed E-state index contributed by atoms with van der Waals surface area (Å²) in [5.74, 6) is -0.211. The van der Waals surface area contributed by atoms with E-state index in [0.717, 1.165) is 11.3 Å². The minimum absolute atomic E-state index is 0.156. The fourth-order valence-corrected chi connectivity index (χ4v) is 3.29. The molecule has 0 spiro atoms. The van der Waals surface area contributed by atoms with Gasteiger partial charge in [0.15, 0.2) is 6.61 Å². The van der Waals surface area contributed by atoms with Crippen LogP contribution >= 0.6 is 0 Å². The maximum Gasteiger partial charge on any atom is 0.306 e. The SMILES string of the molecule is COc1ccc(CCC(=O)OCC(=O)N2c3ccccc3NC(=O)C[C@@H]2C)cc1. The monoisotopic (exact) mass is 396 g/mol. The van der Waals surface area contributed by atoms with Crippen molar-refractivity contribution >= 4 is 29.2 Å². The molecule has 1 heterocycles. The summed E-state index contributed by atoms with van der Waals surface area (Å²) in [5, 5.41) is 2.80. The van der Waals surface area contributed by atoms with Gasteiger partial charge in [-0.2, -0.15) is 0 Å². The highest BCUT2D eigenvalue weighted by Gasteiger charge is 2.29.